The van der Waals surface area contributed by atoms with Crippen molar-refractivity contribution in [2.75, 3.05) is 12.3 Å². The monoisotopic (exact) mass is 705 g/mol. The van der Waals surface area contributed by atoms with Gasteiger partial charge in [-0.3, -0.25) is 19.2 Å². The van der Waals surface area contributed by atoms with Gasteiger partial charge in [0.2, 0.25) is 5.91 Å². The predicted molar refractivity (Wildman–Crippen MR) is 193 cm³/mol. The van der Waals surface area contributed by atoms with E-state index in [1.165, 1.54) is 0 Å². The molecule has 0 aromatic heterocycles. The molecule has 1 heterocycles. The standard InChI is InChI=1S/C40H67NO7S/c1-10-11-15-27(35(45)32(44)20-26-16-17-26)21-31(43)34-33-30(39(33,8)9)24-41(34)36(46)29(37(2,3)4)22-28(42)23-40(18-13-12-14-19-40)25-49(47,48)38(5,6)7/h26-27,29-30,33-35,45H,10-25H2,1-9H3/t27-,29-,30+,33+,34-,35-/m1/s1. The van der Waals surface area contributed by atoms with Gasteiger partial charge in [-0.05, 0) is 92.8 Å². The molecule has 4 rings (SSSR count). The third-order valence-electron chi connectivity index (χ3n) is 12.9. The van der Waals surface area contributed by atoms with Gasteiger partial charge in [-0.15, -0.1) is 0 Å². The van der Waals surface area contributed by atoms with Gasteiger partial charge in [-0.2, -0.15) is 0 Å². The van der Waals surface area contributed by atoms with Crippen molar-refractivity contribution < 1.29 is 32.7 Å². The number of hydrogen-bond donors (Lipinski definition) is 1. The van der Waals surface area contributed by atoms with Gasteiger partial charge in [0.15, 0.2) is 21.4 Å². The molecule has 0 radical (unpaired) electrons. The summed E-state index contributed by atoms with van der Waals surface area (Å²) in [5.41, 5.74) is -1.26. The highest BCUT2D eigenvalue weighted by Crippen LogP contribution is 2.65. The Morgan fingerprint density at radius 3 is 2.08 bits per heavy atom. The molecule has 3 saturated carbocycles. The van der Waals surface area contributed by atoms with E-state index in [0.717, 1.165) is 44.9 Å². The third-order valence-corrected chi connectivity index (χ3v) is 15.7. The van der Waals surface area contributed by atoms with E-state index in [4.69, 9.17) is 0 Å². The van der Waals surface area contributed by atoms with Crippen LogP contribution in [-0.2, 0) is 29.0 Å². The van der Waals surface area contributed by atoms with Gasteiger partial charge in [-0.25, -0.2) is 8.42 Å². The molecule has 3 aliphatic carbocycles. The summed E-state index contributed by atoms with van der Waals surface area (Å²) >= 11 is 0. The summed E-state index contributed by atoms with van der Waals surface area (Å²) in [7, 11) is -3.45. The minimum absolute atomic E-state index is 0.0134. The lowest BCUT2D eigenvalue weighted by atomic mass is 9.70. The number of ketones is 3. The van der Waals surface area contributed by atoms with Crippen molar-refractivity contribution in [2.45, 2.75) is 169 Å². The number of rotatable bonds is 17. The van der Waals surface area contributed by atoms with Crippen molar-refractivity contribution in [3.8, 4) is 0 Å². The van der Waals surface area contributed by atoms with E-state index in [9.17, 15) is 32.7 Å². The number of unbranched alkanes of at least 4 members (excludes halogenated alkanes) is 1. The quantitative estimate of drug-likeness (QED) is 0.171. The Labute approximate surface area is 297 Å². The predicted octanol–water partition coefficient (Wildman–Crippen LogP) is 7.14. The number of likely N-dealkylation sites (tertiary alicyclic amines) is 1. The molecule has 0 spiro atoms. The molecule has 0 aromatic rings. The number of hydrogen-bond acceptors (Lipinski definition) is 7. The molecule has 1 aliphatic heterocycles. The van der Waals surface area contributed by atoms with Crippen LogP contribution in [0.3, 0.4) is 0 Å². The SMILES string of the molecule is CCCC[C@H](CC(=O)[C@@H]1[C@@H]2[C@H](CN1C(=O)[C@@H](CC(=O)CC1(CS(=O)(=O)C(C)(C)C)CCCCC1)C(C)(C)C)C2(C)C)[C@@H](O)C(=O)CC1CC1. The Morgan fingerprint density at radius 1 is 0.939 bits per heavy atom. The maximum Gasteiger partial charge on any atom is 0.227 e. The van der Waals surface area contributed by atoms with Gasteiger partial charge in [0.05, 0.1) is 16.5 Å². The number of nitrogens with zero attached hydrogens (tertiary/aromatic N) is 1. The lowest BCUT2D eigenvalue weighted by Crippen LogP contribution is -2.51. The largest absolute Gasteiger partial charge is 0.385 e. The molecule has 1 N–H and O–H groups in total. The molecular formula is C40H67NO7S. The van der Waals surface area contributed by atoms with Crippen LogP contribution in [0, 0.1) is 45.8 Å². The lowest BCUT2D eigenvalue weighted by Gasteiger charge is -2.40. The number of carbonyl (C=O) groups excluding carboxylic acids is 4. The normalized spacial score (nSPS) is 26.8. The molecule has 4 aliphatic rings. The third kappa shape index (κ3) is 9.25. The fourth-order valence-corrected chi connectivity index (χ4v) is 10.7. The number of fused-ring (bicyclic) bond motifs is 1. The van der Waals surface area contributed by atoms with Crippen LogP contribution < -0.4 is 0 Å². The molecule has 6 atom stereocenters. The van der Waals surface area contributed by atoms with Crippen LogP contribution in [0.1, 0.15) is 152 Å². The van der Waals surface area contributed by atoms with E-state index in [0.29, 0.717) is 38.1 Å². The molecule has 9 heteroatoms. The van der Waals surface area contributed by atoms with Crippen LogP contribution in [0.25, 0.3) is 0 Å². The Bertz CT molecular complexity index is 1340. The van der Waals surface area contributed by atoms with Gasteiger partial charge in [0.25, 0.3) is 0 Å². The first kappa shape index (κ1) is 40.2. The van der Waals surface area contributed by atoms with E-state index < -0.39 is 49.4 Å². The van der Waals surface area contributed by atoms with Crippen molar-refractivity contribution in [1.29, 1.82) is 0 Å². The highest BCUT2D eigenvalue weighted by molar-refractivity contribution is 7.92. The van der Waals surface area contributed by atoms with Gasteiger partial charge >= 0.3 is 0 Å². The number of Topliss-reactive ketones (excluding diaryl/α,β-unsaturated/α-hetero) is 3. The van der Waals surface area contributed by atoms with Crippen LogP contribution in [0.2, 0.25) is 0 Å². The molecule has 0 unspecified atom stereocenters. The van der Waals surface area contributed by atoms with E-state index >= 15 is 0 Å². The van der Waals surface area contributed by atoms with Crippen LogP contribution in [0.4, 0.5) is 0 Å². The Hall–Kier alpha value is -1.61. The first-order chi connectivity index (χ1) is 22.5. The molecule has 1 saturated heterocycles. The Kier molecular flexibility index (Phi) is 12.1. The summed E-state index contributed by atoms with van der Waals surface area (Å²) in [5, 5.41) is 11.1. The van der Waals surface area contributed by atoms with Gasteiger partial charge in [-0.1, -0.05) is 73.6 Å². The average Bonchev–Trinajstić information content (AvgIpc) is 3.83. The van der Waals surface area contributed by atoms with Gasteiger partial charge in [0, 0.05) is 38.1 Å². The number of amides is 1. The van der Waals surface area contributed by atoms with Crippen molar-refractivity contribution in [3.05, 3.63) is 0 Å². The van der Waals surface area contributed by atoms with E-state index in [-0.39, 0.29) is 65.5 Å². The van der Waals surface area contributed by atoms with Gasteiger partial charge < -0.3 is 10.0 Å². The van der Waals surface area contributed by atoms with Crippen LogP contribution >= 0.6 is 0 Å². The zero-order valence-corrected chi connectivity index (χ0v) is 32.9. The smallest absolute Gasteiger partial charge is 0.227 e. The van der Waals surface area contributed by atoms with Crippen molar-refractivity contribution in [3.63, 3.8) is 0 Å². The van der Waals surface area contributed by atoms with Crippen LogP contribution in [-0.4, -0.2) is 70.9 Å². The van der Waals surface area contributed by atoms with Crippen LogP contribution in [0.5, 0.6) is 0 Å². The van der Waals surface area contributed by atoms with Crippen molar-refractivity contribution >= 4 is 33.1 Å². The maximum absolute atomic E-state index is 14.6. The molecule has 1 amide bonds. The van der Waals surface area contributed by atoms with E-state index in [2.05, 4.69) is 20.8 Å². The summed E-state index contributed by atoms with van der Waals surface area (Å²) in [4.78, 5) is 57.6. The topological polar surface area (TPSA) is 126 Å². The van der Waals surface area contributed by atoms with Crippen molar-refractivity contribution in [1.82, 2.24) is 4.90 Å². The second-order valence-corrected chi connectivity index (χ2v) is 22.0. The molecule has 0 bridgehead atoms. The summed E-state index contributed by atoms with van der Waals surface area (Å²) in [6.07, 6.45) is 7.96. The summed E-state index contributed by atoms with van der Waals surface area (Å²) in [6, 6.07) is -0.635. The molecular weight excluding hydrogens is 639 g/mol. The highest BCUT2D eigenvalue weighted by atomic mass is 32.2. The lowest BCUT2D eigenvalue weighted by molar-refractivity contribution is -0.148. The maximum atomic E-state index is 14.6. The molecule has 280 valence electrons. The van der Waals surface area contributed by atoms with Crippen LogP contribution in [0.15, 0.2) is 0 Å². The Morgan fingerprint density at radius 2 is 1.55 bits per heavy atom. The molecule has 8 nitrogen and oxygen atoms in total. The van der Waals surface area contributed by atoms with E-state index in [1.54, 1.807) is 25.7 Å². The first-order valence-electron chi connectivity index (χ1n) is 19.3. The van der Waals surface area contributed by atoms with Gasteiger partial charge in [0.1, 0.15) is 11.9 Å². The number of sulfone groups is 1. The van der Waals surface area contributed by atoms with Crippen molar-refractivity contribution in [2.24, 2.45) is 45.8 Å². The summed E-state index contributed by atoms with van der Waals surface area (Å²) in [6.45, 7) is 17.8. The Balaban J connectivity index is 1.54. The fraction of sp³-hybridized carbons (Fsp3) is 0.900. The molecule has 4 fully saturated rings. The molecule has 49 heavy (non-hydrogen) atoms. The minimum Gasteiger partial charge on any atom is -0.385 e. The van der Waals surface area contributed by atoms with E-state index in [1.807, 2.05) is 20.8 Å². The fourth-order valence-electron chi connectivity index (χ4n) is 9.07. The zero-order valence-electron chi connectivity index (χ0n) is 32.1. The highest BCUT2D eigenvalue weighted by Gasteiger charge is 2.69. The molecule has 0 aromatic carbocycles. The summed E-state index contributed by atoms with van der Waals surface area (Å²) < 4.78 is 25.9. The number of piperidine rings is 1. The second kappa shape index (κ2) is 14.8. The number of aliphatic hydroxyl groups is 1. The summed E-state index contributed by atoms with van der Waals surface area (Å²) in [5.74, 6) is -1.10. The minimum atomic E-state index is -3.45. The average molecular weight is 706 g/mol. The number of carbonyl (C=O) groups is 4. The zero-order chi connectivity index (χ0) is 36.7. The number of aliphatic hydroxyl groups excluding tert-OH is 1. The first-order valence-corrected chi connectivity index (χ1v) is 21.0. The second-order valence-electron chi connectivity index (χ2n) is 19.3.